The Hall–Kier alpha value is -1.96. The first-order chi connectivity index (χ1) is 9.44. The quantitative estimate of drug-likeness (QED) is 0.871. The zero-order valence-corrected chi connectivity index (χ0v) is 12.7. The van der Waals surface area contributed by atoms with Crippen LogP contribution >= 0.6 is 11.3 Å². The number of aryl methyl sites for hydroxylation is 1. The number of hydrogen-bond acceptors (Lipinski definition) is 8. The fourth-order valence-electron chi connectivity index (χ4n) is 1.53. The molecule has 0 spiro atoms. The van der Waals surface area contributed by atoms with Crippen LogP contribution in [0.15, 0.2) is 5.38 Å². The number of thiazole rings is 1. The van der Waals surface area contributed by atoms with Crippen LogP contribution in [0.3, 0.4) is 0 Å². The minimum absolute atomic E-state index is 0.0117. The Balaban J connectivity index is 2.14. The number of aromatic nitrogens is 4. The van der Waals surface area contributed by atoms with Crippen LogP contribution in [0.2, 0.25) is 0 Å². The third-order valence-electron chi connectivity index (χ3n) is 2.33. The number of rotatable bonds is 5. The highest BCUT2D eigenvalue weighted by Gasteiger charge is 2.13. The molecule has 0 aliphatic heterocycles. The molecule has 20 heavy (non-hydrogen) atoms. The van der Waals surface area contributed by atoms with Gasteiger partial charge in [-0.1, -0.05) is 0 Å². The Bertz CT molecular complexity index is 585. The van der Waals surface area contributed by atoms with Gasteiger partial charge in [-0.2, -0.15) is 15.0 Å². The second kappa shape index (κ2) is 6.00. The van der Waals surface area contributed by atoms with Gasteiger partial charge in [-0.15, -0.1) is 11.3 Å². The molecule has 1 unspecified atom stereocenters. The van der Waals surface area contributed by atoms with Crippen molar-refractivity contribution in [3.05, 3.63) is 16.1 Å². The van der Waals surface area contributed by atoms with E-state index in [4.69, 9.17) is 10.5 Å². The Labute approximate surface area is 121 Å². The number of nitrogens with one attached hydrogen (secondary N) is 1. The van der Waals surface area contributed by atoms with Gasteiger partial charge in [-0.05, 0) is 27.7 Å². The van der Waals surface area contributed by atoms with Crippen molar-refractivity contribution in [2.45, 2.75) is 39.8 Å². The lowest BCUT2D eigenvalue weighted by Crippen LogP contribution is -2.14. The minimum atomic E-state index is -0.0244. The van der Waals surface area contributed by atoms with Crippen LogP contribution in [0.1, 0.15) is 37.5 Å². The number of nitrogens with two attached hydrogens (primary N) is 1. The molecule has 0 aromatic carbocycles. The normalized spacial score (nSPS) is 12.4. The summed E-state index contributed by atoms with van der Waals surface area (Å²) in [7, 11) is 0. The van der Waals surface area contributed by atoms with Crippen molar-refractivity contribution >= 4 is 23.2 Å². The molecule has 0 aliphatic carbocycles. The summed E-state index contributed by atoms with van der Waals surface area (Å²) >= 11 is 1.59. The van der Waals surface area contributed by atoms with E-state index in [0.717, 1.165) is 10.7 Å². The smallest absolute Gasteiger partial charge is 0.323 e. The van der Waals surface area contributed by atoms with Crippen molar-refractivity contribution in [2.75, 3.05) is 11.1 Å². The Morgan fingerprint density at radius 1 is 1.20 bits per heavy atom. The highest BCUT2D eigenvalue weighted by molar-refractivity contribution is 7.09. The highest BCUT2D eigenvalue weighted by atomic mass is 32.1. The van der Waals surface area contributed by atoms with E-state index in [1.807, 2.05) is 33.1 Å². The van der Waals surface area contributed by atoms with Gasteiger partial charge in [0.15, 0.2) is 0 Å². The predicted molar refractivity (Wildman–Crippen MR) is 78.9 cm³/mol. The van der Waals surface area contributed by atoms with Crippen LogP contribution in [0.4, 0.5) is 11.9 Å². The van der Waals surface area contributed by atoms with Gasteiger partial charge in [0.2, 0.25) is 11.9 Å². The number of ether oxygens (including phenoxy) is 1. The average Bonchev–Trinajstić information content (AvgIpc) is 2.74. The third-order valence-corrected chi connectivity index (χ3v) is 3.47. The standard InChI is InChI=1S/C12H18N6OS/c1-6(2)19-12-17-10(13)16-11(18-12)15-8(4)9-14-7(3)5-20-9/h5-6,8H,1-4H3,(H3,13,15,16,17,18). The molecule has 0 saturated heterocycles. The SMILES string of the molecule is Cc1csc(C(C)Nc2nc(N)nc(OC(C)C)n2)n1. The summed E-state index contributed by atoms with van der Waals surface area (Å²) in [6.45, 7) is 7.74. The molecule has 0 radical (unpaired) electrons. The maximum atomic E-state index is 5.66. The summed E-state index contributed by atoms with van der Waals surface area (Å²) in [5.41, 5.74) is 6.66. The van der Waals surface area contributed by atoms with Crippen molar-refractivity contribution < 1.29 is 4.74 Å². The molecule has 0 fully saturated rings. The number of hydrogen-bond donors (Lipinski definition) is 2. The molecule has 2 aromatic rings. The minimum Gasteiger partial charge on any atom is -0.461 e. The van der Waals surface area contributed by atoms with Crippen molar-refractivity contribution in [2.24, 2.45) is 0 Å². The molecule has 2 aromatic heterocycles. The zero-order chi connectivity index (χ0) is 14.7. The Kier molecular flexibility index (Phi) is 4.33. The van der Waals surface area contributed by atoms with Crippen LogP contribution in [0.5, 0.6) is 6.01 Å². The molecule has 7 nitrogen and oxygen atoms in total. The zero-order valence-electron chi connectivity index (χ0n) is 11.9. The van der Waals surface area contributed by atoms with Gasteiger partial charge < -0.3 is 15.8 Å². The average molecular weight is 294 g/mol. The second-order valence-corrected chi connectivity index (χ2v) is 5.55. The molecule has 2 rings (SSSR count). The van der Waals surface area contributed by atoms with Gasteiger partial charge in [-0.3, -0.25) is 0 Å². The first-order valence-electron chi connectivity index (χ1n) is 6.31. The van der Waals surface area contributed by atoms with Crippen molar-refractivity contribution in [3.8, 4) is 6.01 Å². The van der Waals surface area contributed by atoms with Crippen LogP contribution in [0, 0.1) is 6.92 Å². The third kappa shape index (κ3) is 3.77. The predicted octanol–water partition coefficient (Wildman–Crippen LogP) is 2.18. The second-order valence-electron chi connectivity index (χ2n) is 4.66. The Morgan fingerprint density at radius 3 is 2.55 bits per heavy atom. The molecule has 0 amide bonds. The molecule has 3 N–H and O–H groups in total. The molecule has 0 aliphatic rings. The van der Waals surface area contributed by atoms with Gasteiger partial charge >= 0.3 is 6.01 Å². The van der Waals surface area contributed by atoms with Crippen LogP contribution in [-0.4, -0.2) is 26.0 Å². The molecule has 0 saturated carbocycles. The van der Waals surface area contributed by atoms with Gasteiger partial charge in [0.25, 0.3) is 0 Å². The Morgan fingerprint density at radius 2 is 1.95 bits per heavy atom. The van der Waals surface area contributed by atoms with Gasteiger partial charge in [0.05, 0.1) is 12.1 Å². The summed E-state index contributed by atoms with van der Waals surface area (Å²) < 4.78 is 5.43. The summed E-state index contributed by atoms with van der Waals surface area (Å²) in [5, 5.41) is 6.12. The van der Waals surface area contributed by atoms with Crippen LogP contribution < -0.4 is 15.8 Å². The fraction of sp³-hybridized carbons (Fsp3) is 0.500. The summed E-state index contributed by atoms with van der Waals surface area (Å²) in [6.07, 6.45) is -0.0244. The summed E-state index contributed by atoms with van der Waals surface area (Å²) in [6, 6.07) is 0.208. The fourth-order valence-corrected chi connectivity index (χ4v) is 2.33. The van der Waals surface area contributed by atoms with Crippen LogP contribution in [0.25, 0.3) is 0 Å². The largest absolute Gasteiger partial charge is 0.461 e. The molecule has 108 valence electrons. The van der Waals surface area contributed by atoms with Crippen LogP contribution in [-0.2, 0) is 0 Å². The molecule has 2 heterocycles. The highest BCUT2D eigenvalue weighted by Crippen LogP contribution is 2.21. The van der Waals surface area contributed by atoms with E-state index in [1.165, 1.54) is 0 Å². The lowest BCUT2D eigenvalue weighted by atomic mass is 10.3. The van der Waals surface area contributed by atoms with E-state index in [1.54, 1.807) is 11.3 Å². The van der Waals surface area contributed by atoms with Crippen molar-refractivity contribution in [1.29, 1.82) is 0 Å². The van der Waals surface area contributed by atoms with Crippen molar-refractivity contribution in [1.82, 2.24) is 19.9 Å². The lowest BCUT2D eigenvalue weighted by Gasteiger charge is -2.13. The monoisotopic (exact) mass is 294 g/mol. The van der Waals surface area contributed by atoms with E-state index in [-0.39, 0.29) is 24.1 Å². The van der Waals surface area contributed by atoms with Gasteiger partial charge in [0, 0.05) is 11.1 Å². The number of nitrogens with zero attached hydrogens (tertiary/aromatic N) is 4. The van der Waals surface area contributed by atoms with E-state index in [9.17, 15) is 0 Å². The molecular weight excluding hydrogens is 276 g/mol. The summed E-state index contributed by atoms with van der Waals surface area (Å²) in [5.74, 6) is 0.508. The number of anilines is 2. The molecular formula is C12H18N6OS. The van der Waals surface area contributed by atoms with E-state index in [2.05, 4.69) is 25.3 Å². The van der Waals surface area contributed by atoms with E-state index < -0.39 is 0 Å². The van der Waals surface area contributed by atoms with Crippen molar-refractivity contribution in [3.63, 3.8) is 0 Å². The first kappa shape index (κ1) is 14.4. The maximum Gasteiger partial charge on any atom is 0.323 e. The molecule has 0 bridgehead atoms. The summed E-state index contributed by atoms with van der Waals surface area (Å²) in [4.78, 5) is 16.6. The molecule has 8 heteroatoms. The maximum absolute atomic E-state index is 5.66. The van der Waals surface area contributed by atoms with E-state index >= 15 is 0 Å². The lowest BCUT2D eigenvalue weighted by molar-refractivity contribution is 0.222. The van der Waals surface area contributed by atoms with E-state index in [0.29, 0.717) is 5.95 Å². The molecule has 1 atom stereocenters. The first-order valence-corrected chi connectivity index (χ1v) is 7.18. The number of nitrogen functional groups attached to an aromatic ring is 1. The van der Waals surface area contributed by atoms with Gasteiger partial charge in [-0.25, -0.2) is 4.98 Å². The van der Waals surface area contributed by atoms with Gasteiger partial charge in [0.1, 0.15) is 5.01 Å². The topological polar surface area (TPSA) is 98.8 Å².